The van der Waals surface area contributed by atoms with Crippen molar-refractivity contribution in [3.8, 4) is 5.69 Å². The van der Waals surface area contributed by atoms with Crippen LogP contribution in [-0.4, -0.2) is 46.2 Å². The van der Waals surface area contributed by atoms with Gasteiger partial charge in [-0.1, -0.05) is 51.1 Å². The Bertz CT molecular complexity index is 1540. The van der Waals surface area contributed by atoms with Crippen molar-refractivity contribution >= 4 is 39.7 Å². The maximum Gasteiger partial charge on any atom is 0.326 e. The van der Waals surface area contributed by atoms with E-state index in [2.05, 4.69) is 41.1 Å². The number of hydrogen-bond acceptors (Lipinski definition) is 5. The second-order valence-electron chi connectivity index (χ2n) is 11.2. The average molecular weight is 548 g/mol. The number of benzene rings is 2. The van der Waals surface area contributed by atoms with Crippen LogP contribution in [0.3, 0.4) is 0 Å². The highest BCUT2D eigenvalue weighted by Crippen LogP contribution is 2.29. The molecule has 39 heavy (non-hydrogen) atoms. The van der Waals surface area contributed by atoms with Crippen LogP contribution in [0.2, 0.25) is 0 Å². The number of hydrogen-bond donors (Lipinski definition) is 4. The third kappa shape index (κ3) is 5.57. The summed E-state index contributed by atoms with van der Waals surface area (Å²) in [5, 5.41) is 21.7. The van der Waals surface area contributed by atoms with Crippen LogP contribution in [0.25, 0.3) is 16.6 Å². The van der Waals surface area contributed by atoms with Crippen molar-refractivity contribution in [1.82, 2.24) is 23.8 Å². The normalized spacial score (nSPS) is 19.3. The number of amides is 2. The van der Waals surface area contributed by atoms with Gasteiger partial charge in [0.25, 0.3) is 0 Å². The number of nitrogens with one attached hydrogen (secondary N) is 3. The molecule has 204 valence electrons. The fourth-order valence-electron chi connectivity index (χ4n) is 4.26. The van der Waals surface area contributed by atoms with E-state index in [4.69, 9.17) is 5.10 Å². The largest absolute Gasteiger partial charge is 0.376 e. The molecule has 2 aromatic carbocycles. The van der Waals surface area contributed by atoms with E-state index in [1.165, 1.54) is 0 Å². The van der Waals surface area contributed by atoms with E-state index in [-0.39, 0.29) is 5.41 Å². The fourth-order valence-corrected chi connectivity index (χ4v) is 5.66. The summed E-state index contributed by atoms with van der Waals surface area (Å²) in [4.78, 5) is 17.5. The van der Waals surface area contributed by atoms with Crippen molar-refractivity contribution in [2.24, 2.45) is 0 Å². The van der Waals surface area contributed by atoms with E-state index in [9.17, 15) is 14.1 Å². The number of aliphatic hydroxyl groups excluding tert-OH is 1. The number of nitrogens with zero attached hydrogens (tertiary/aromatic N) is 4. The lowest BCUT2D eigenvalue weighted by Crippen LogP contribution is -2.45. The molecule has 0 radical (unpaired) electrons. The van der Waals surface area contributed by atoms with E-state index >= 15 is 0 Å². The van der Waals surface area contributed by atoms with Crippen molar-refractivity contribution in [3.63, 3.8) is 0 Å². The molecule has 0 saturated carbocycles. The Morgan fingerprint density at radius 2 is 1.79 bits per heavy atom. The lowest BCUT2D eigenvalue weighted by molar-refractivity contribution is 0.0515. The minimum atomic E-state index is -1.49. The van der Waals surface area contributed by atoms with Crippen LogP contribution >= 0.6 is 0 Å². The molecule has 2 amide bonds. The van der Waals surface area contributed by atoms with Gasteiger partial charge in [-0.3, -0.25) is 10.6 Å². The molecule has 1 aliphatic rings. The Morgan fingerprint density at radius 1 is 1.08 bits per heavy atom. The van der Waals surface area contributed by atoms with Gasteiger partial charge in [-0.05, 0) is 49.7 Å². The quantitative estimate of drug-likeness (QED) is 0.294. The molecular weight excluding hydrogens is 514 g/mol. The Balaban J connectivity index is 1.37. The second kappa shape index (κ2) is 10.2. The monoisotopic (exact) mass is 547 g/mol. The summed E-state index contributed by atoms with van der Waals surface area (Å²) >= 11 is -1.49. The van der Waals surface area contributed by atoms with Gasteiger partial charge < -0.3 is 5.11 Å². The third-order valence-electron chi connectivity index (χ3n) is 6.79. The Labute approximate surface area is 230 Å². The van der Waals surface area contributed by atoms with Crippen LogP contribution < -0.4 is 15.4 Å². The van der Waals surface area contributed by atoms with Crippen LogP contribution in [0.4, 0.5) is 16.4 Å². The zero-order valence-corrected chi connectivity index (χ0v) is 23.4. The van der Waals surface area contributed by atoms with Crippen LogP contribution in [-0.2, 0) is 23.1 Å². The number of carbonyl (C=O) groups excluding carboxylic acids is 1. The summed E-state index contributed by atoms with van der Waals surface area (Å²) in [6, 6.07) is 20.5. The smallest absolute Gasteiger partial charge is 0.326 e. The van der Waals surface area contributed by atoms with Crippen molar-refractivity contribution in [1.29, 1.82) is 0 Å². The van der Waals surface area contributed by atoms with Crippen LogP contribution in [0.15, 0.2) is 66.7 Å². The number of para-hydroxylation sites is 1. The number of anilines is 2. The molecular formula is C28H33N7O3S. The van der Waals surface area contributed by atoms with Crippen molar-refractivity contribution in [2.45, 2.75) is 58.3 Å². The van der Waals surface area contributed by atoms with Gasteiger partial charge in [-0.2, -0.15) is 14.1 Å². The minimum Gasteiger partial charge on any atom is -0.376 e. The highest BCUT2D eigenvalue weighted by molar-refractivity contribution is 7.80. The predicted molar refractivity (Wildman–Crippen MR) is 154 cm³/mol. The molecule has 10 nitrogen and oxygen atoms in total. The summed E-state index contributed by atoms with van der Waals surface area (Å²) < 4.78 is 18.5. The molecule has 4 aromatic rings. The Morgan fingerprint density at radius 3 is 2.46 bits per heavy atom. The van der Waals surface area contributed by atoms with Gasteiger partial charge in [0.1, 0.15) is 17.9 Å². The second-order valence-corrected chi connectivity index (χ2v) is 12.3. The van der Waals surface area contributed by atoms with Crippen LogP contribution in [0.1, 0.15) is 45.9 Å². The number of fused-ring (bicyclic) bond motifs is 1. The lowest BCUT2D eigenvalue weighted by Gasteiger charge is -2.30. The maximum atomic E-state index is 13.0. The molecule has 5 rings (SSSR count). The van der Waals surface area contributed by atoms with Gasteiger partial charge in [0.2, 0.25) is 0 Å². The van der Waals surface area contributed by atoms with Gasteiger partial charge >= 0.3 is 6.03 Å². The fraction of sp³-hybridized carbons (Fsp3) is 0.321. The molecule has 0 aliphatic carbocycles. The summed E-state index contributed by atoms with van der Waals surface area (Å²) in [6.45, 7) is 10.3. The predicted octanol–water partition coefficient (Wildman–Crippen LogP) is 4.44. The molecule has 1 saturated heterocycles. The molecule has 3 heterocycles. The highest BCUT2D eigenvalue weighted by Gasteiger charge is 2.45. The number of rotatable bonds is 5. The first kappa shape index (κ1) is 26.9. The third-order valence-corrected chi connectivity index (χ3v) is 8.22. The van der Waals surface area contributed by atoms with Gasteiger partial charge in [-0.25, -0.2) is 18.7 Å². The standard InChI is InChI=1S/C28H33N7O3S/c1-27(2,3)22-16-24(31-26(37)30-23-15-12-19-8-6-7-9-21(19)29-23)35(32-22)20-13-10-18(11-14-20)17-34-28(4,5)25(36)33-39(34)38/h6-16,25,33,36H,17H2,1-5H3,(H2,29,30,31,37). The minimum absolute atomic E-state index is 0.239. The van der Waals surface area contributed by atoms with E-state index in [1.54, 1.807) is 15.1 Å². The van der Waals surface area contributed by atoms with Crippen molar-refractivity contribution < 1.29 is 14.1 Å². The Kier molecular flexibility index (Phi) is 7.02. The first-order chi connectivity index (χ1) is 18.4. The van der Waals surface area contributed by atoms with E-state index in [0.29, 0.717) is 18.2 Å². The van der Waals surface area contributed by atoms with Gasteiger partial charge in [-0.15, -0.1) is 0 Å². The molecule has 1 aliphatic heterocycles. The topological polar surface area (TPSA) is 124 Å². The van der Waals surface area contributed by atoms with Crippen molar-refractivity contribution in [3.05, 3.63) is 78.0 Å². The zero-order valence-electron chi connectivity index (χ0n) is 22.6. The first-order valence-electron chi connectivity index (χ1n) is 12.7. The maximum absolute atomic E-state index is 13.0. The van der Waals surface area contributed by atoms with Gasteiger partial charge in [0.15, 0.2) is 11.2 Å². The molecule has 2 atom stereocenters. The SMILES string of the molecule is CC(C)(C)c1cc(NC(=O)Nc2ccc3ccccc3n2)n(-c2ccc(CN3S(=O)NC(O)C3(C)C)cc2)n1. The number of aliphatic hydroxyl groups is 1. The van der Waals surface area contributed by atoms with Gasteiger partial charge in [0, 0.05) is 23.4 Å². The van der Waals surface area contributed by atoms with E-state index in [1.807, 2.05) is 74.5 Å². The molecule has 0 spiro atoms. The summed E-state index contributed by atoms with van der Waals surface area (Å²) in [5.41, 5.74) is 2.37. The first-order valence-corrected chi connectivity index (χ1v) is 13.8. The molecule has 11 heteroatoms. The molecule has 4 N–H and O–H groups in total. The van der Waals surface area contributed by atoms with E-state index in [0.717, 1.165) is 27.8 Å². The number of urea groups is 1. The summed E-state index contributed by atoms with van der Waals surface area (Å²) in [7, 11) is 0. The summed E-state index contributed by atoms with van der Waals surface area (Å²) in [6.07, 6.45) is -0.887. The molecule has 1 fully saturated rings. The lowest BCUT2D eigenvalue weighted by atomic mass is 9.92. The van der Waals surface area contributed by atoms with Gasteiger partial charge in [0.05, 0.1) is 22.4 Å². The molecule has 2 unspecified atom stereocenters. The van der Waals surface area contributed by atoms with Crippen LogP contribution in [0, 0.1) is 0 Å². The number of pyridine rings is 1. The van der Waals surface area contributed by atoms with Crippen molar-refractivity contribution in [2.75, 3.05) is 10.6 Å². The van der Waals surface area contributed by atoms with E-state index < -0.39 is 29.0 Å². The zero-order chi connectivity index (χ0) is 27.9. The highest BCUT2D eigenvalue weighted by atomic mass is 32.2. The average Bonchev–Trinajstić information content (AvgIpc) is 3.38. The summed E-state index contributed by atoms with van der Waals surface area (Å²) in [5.74, 6) is 0.958. The Hall–Kier alpha value is -3.64. The number of aromatic nitrogens is 3. The molecule has 2 aromatic heterocycles. The van der Waals surface area contributed by atoms with Crippen LogP contribution in [0.5, 0.6) is 0 Å². The molecule has 0 bridgehead atoms. The number of carbonyl (C=O) groups is 1.